The molecular formula is C10H21NO2. The van der Waals surface area contributed by atoms with Gasteiger partial charge in [0.05, 0.1) is 6.42 Å². The van der Waals surface area contributed by atoms with Gasteiger partial charge in [-0.2, -0.15) is 0 Å². The van der Waals surface area contributed by atoms with Gasteiger partial charge in [0, 0.05) is 6.04 Å². The van der Waals surface area contributed by atoms with E-state index in [9.17, 15) is 4.79 Å². The summed E-state index contributed by atoms with van der Waals surface area (Å²) in [5.74, 6) is -0.719. The normalized spacial score (nSPS) is 14.6. The molecule has 0 saturated carbocycles. The van der Waals surface area contributed by atoms with Crippen LogP contribution in [-0.4, -0.2) is 36.1 Å². The summed E-state index contributed by atoms with van der Waals surface area (Å²) >= 11 is 0. The highest BCUT2D eigenvalue weighted by Crippen LogP contribution is 2.24. The van der Waals surface area contributed by atoms with Crippen molar-refractivity contribution in [2.24, 2.45) is 5.41 Å². The molecule has 0 aliphatic rings. The maximum Gasteiger partial charge on any atom is 0.304 e. The van der Waals surface area contributed by atoms with E-state index in [0.29, 0.717) is 0 Å². The van der Waals surface area contributed by atoms with E-state index >= 15 is 0 Å². The van der Waals surface area contributed by atoms with Crippen LogP contribution < -0.4 is 0 Å². The van der Waals surface area contributed by atoms with Gasteiger partial charge in [-0.3, -0.25) is 4.79 Å². The van der Waals surface area contributed by atoms with Crippen molar-refractivity contribution < 1.29 is 9.90 Å². The fourth-order valence-electron chi connectivity index (χ4n) is 1.35. The largest absolute Gasteiger partial charge is 0.481 e. The molecule has 0 heterocycles. The van der Waals surface area contributed by atoms with Crippen LogP contribution in [0, 0.1) is 5.41 Å². The molecule has 0 aliphatic heterocycles. The lowest BCUT2D eigenvalue weighted by Gasteiger charge is -2.29. The second kappa shape index (κ2) is 4.61. The highest BCUT2D eigenvalue weighted by atomic mass is 16.4. The van der Waals surface area contributed by atoms with Crippen molar-refractivity contribution in [2.75, 3.05) is 14.1 Å². The Hall–Kier alpha value is -0.570. The zero-order valence-corrected chi connectivity index (χ0v) is 9.29. The van der Waals surface area contributed by atoms with Crippen LogP contribution in [0.3, 0.4) is 0 Å². The van der Waals surface area contributed by atoms with Crippen LogP contribution in [0.25, 0.3) is 0 Å². The van der Waals surface area contributed by atoms with Crippen LogP contribution in [0.4, 0.5) is 0 Å². The average Bonchev–Trinajstić information content (AvgIpc) is 1.81. The Labute approximate surface area is 80.7 Å². The first-order valence-electron chi connectivity index (χ1n) is 4.60. The SMILES string of the molecule is CN(C)C(CC(=O)O)CC(C)(C)C. The summed E-state index contributed by atoms with van der Waals surface area (Å²) in [5.41, 5.74) is 0.185. The van der Waals surface area contributed by atoms with E-state index in [1.54, 1.807) is 0 Å². The molecule has 0 fully saturated rings. The van der Waals surface area contributed by atoms with E-state index in [2.05, 4.69) is 20.8 Å². The fourth-order valence-corrected chi connectivity index (χ4v) is 1.35. The molecule has 0 bridgehead atoms. The van der Waals surface area contributed by atoms with Crippen molar-refractivity contribution >= 4 is 5.97 Å². The molecule has 0 aromatic rings. The van der Waals surface area contributed by atoms with Gasteiger partial charge in [0.1, 0.15) is 0 Å². The zero-order chi connectivity index (χ0) is 10.6. The van der Waals surface area contributed by atoms with Gasteiger partial charge in [0.15, 0.2) is 0 Å². The minimum atomic E-state index is -0.719. The third-order valence-corrected chi connectivity index (χ3v) is 1.99. The first-order chi connectivity index (χ1) is 5.72. The second-order valence-electron chi connectivity index (χ2n) is 4.98. The lowest BCUT2D eigenvalue weighted by molar-refractivity contribution is -0.138. The fraction of sp³-hybridized carbons (Fsp3) is 0.900. The summed E-state index contributed by atoms with van der Waals surface area (Å²) in [6.45, 7) is 6.39. The summed E-state index contributed by atoms with van der Waals surface area (Å²) < 4.78 is 0. The summed E-state index contributed by atoms with van der Waals surface area (Å²) in [4.78, 5) is 12.6. The Kier molecular flexibility index (Phi) is 4.40. The molecule has 0 saturated heterocycles. The number of nitrogens with zero attached hydrogens (tertiary/aromatic N) is 1. The Balaban J connectivity index is 4.19. The maximum atomic E-state index is 10.6. The lowest BCUT2D eigenvalue weighted by atomic mass is 9.86. The smallest absolute Gasteiger partial charge is 0.304 e. The second-order valence-corrected chi connectivity index (χ2v) is 4.98. The number of carboxylic acid groups (broad SMARTS) is 1. The summed E-state index contributed by atoms with van der Waals surface area (Å²) in [6.07, 6.45) is 1.14. The Morgan fingerprint density at radius 1 is 1.38 bits per heavy atom. The number of rotatable bonds is 4. The molecule has 3 nitrogen and oxygen atoms in total. The molecule has 0 spiro atoms. The van der Waals surface area contributed by atoms with Gasteiger partial charge in [-0.1, -0.05) is 20.8 Å². The van der Waals surface area contributed by atoms with E-state index in [1.165, 1.54) is 0 Å². The summed E-state index contributed by atoms with van der Waals surface area (Å²) in [6, 6.07) is 0.137. The highest BCUT2D eigenvalue weighted by molar-refractivity contribution is 5.67. The van der Waals surface area contributed by atoms with Gasteiger partial charge < -0.3 is 10.0 Å². The molecule has 78 valence electrons. The third-order valence-electron chi connectivity index (χ3n) is 1.99. The van der Waals surface area contributed by atoms with Gasteiger partial charge in [-0.25, -0.2) is 0 Å². The molecule has 0 amide bonds. The van der Waals surface area contributed by atoms with Crippen molar-refractivity contribution in [2.45, 2.75) is 39.7 Å². The topological polar surface area (TPSA) is 40.5 Å². The van der Waals surface area contributed by atoms with Crippen LogP contribution in [0.2, 0.25) is 0 Å². The quantitative estimate of drug-likeness (QED) is 0.730. The van der Waals surface area contributed by atoms with Crippen molar-refractivity contribution in [1.82, 2.24) is 4.90 Å². The van der Waals surface area contributed by atoms with Crippen molar-refractivity contribution in [1.29, 1.82) is 0 Å². The van der Waals surface area contributed by atoms with E-state index < -0.39 is 5.97 Å². The third kappa shape index (κ3) is 6.58. The minimum Gasteiger partial charge on any atom is -0.481 e. The molecule has 0 rings (SSSR count). The molecule has 3 heteroatoms. The Morgan fingerprint density at radius 2 is 1.85 bits per heavy atom. The number of carbonyl (C=O) groups is 1. The number of aliphatic carboxylic acids is 1. The molecule has 0 aromatic carbocycles. The average molecular weight is 187 g/mol. The Morgan fingerprint density at radius 3 is 2.08 bits per heavy atom. The molecular weight excluding hydrogens is 166 g/mol. The Bertz CT molecular complexity index is 170. The van der Waals surface area contributed by atoms with Gasteiger partial charge in [0.25, 0.3) is 0 Å². The predicted octanol–water partition coefficient (Wildman–Crippen LogP) is 1.83. The molecule has 0 aromatic heterocycles. The van der Waals surface area contributed by atoms with E-state index in [1.807, 2.05) is 19.0 Å². The summed E-state index contributed by atoms with van der Waals surface area (Å²) in [7, 11) is 3.86. The molecule has 1 atom stereocenters. The van der Waals surface area contributed by atoms with Gasteiger partial charge in [-0.15, -0.1) is 0 Å². The van der Waals surface area contributed by atoms with Gasteiger partial charge in [-0.05, 0) is 25.9 Å². The van der Waals surface area contributed by atoms with Crippen LogP contribution in [0.5, 0.6) is 0 Å². The first kappa shape index (κ1) is 12.4. The summed E-state index contributed by atoms with van der Waals surface area (Å²) in [5, 5.41) is 8.70. The van der Waals surface area contributed by atoms with E-state index in [4.69, 9.17) is 5.11 Å². The zero-order valence-electron chi connectivity index (χ0n) is 9.29. The van der Waals surface area contributed by atoms with Crippen molar-refractivity contribution in [3.05, 3.63) is 0 Å². The number of carboxylic acids is 1. The van der Waals surface area contributed by atoms with Crippen LogP contribution in [0.15, 0.2) is 0 Å². The molecule has 13 heavy (non-hydrogen) atoms. The lowest BCUT2D eigenvalue weighted by Crippen LogP contribution is -2.33. The molecule has 0 radical (unpaired) electrons. The van der Waals surface area contributed by atoms with Crippen molar-refractivity contribution in [3.8, 4) is 0 Å². The maximum absolute atomic E-state index is 10.6. The minimum absolute atomic E-state index is 0.137. The molecule has 1 unspecified atom stereocenters. The van der Waals surface area contributed by atoms with Crippen molar-refractivity contribution in [3.63, 3.8) is 0 Å². The van der Waals surface area contributed by atoms with E-state index in [-0.39, 0.29) is 17.9 Å². The van der Waals surface area contributed by atoms with Gasteiger partial charge in [0.2, 0.25) is 0 Å². The number of hydrogen-bond donors (Lipinski definition) is 1. The van der Waals surface area contributed by atoms with Crippen LogP contribution >= 0.6 is 0 Å². The molecule has 0 aliphatic carbocycles. The van der Waals surface area contributed by atoms with Crippen LogP contribution in [-0.2, 0) is 4.79 Å². The van der Waals surface area contributed by atoms with Gasteiger partial charge >= 0.3 is 5.97 Å². The monoisotopic (exact) mass is 187 g/mol. The first-order valence-corrected chi connectivity index (χ1v) is 4.60. The highest BCUT2D eigenvalue weighted by Gasteiger charge is 2.22. The number of hydrogen-bond acceptors (Lipinski definition) is 2. The standard InChI is InChI=1S/C10H21NO2/c1-10(2,3)7-8(11(4)5)6-9(12)13/h8H,6-7H2,1-5H3,(H,12,13). The predicted molar refractivity (Wildman–Crippen MR) is 53.8 cm³/mol. The molecule has 1 N–H and O–H groups in total. The van der Waals surface area contributed by atoms with Crippen LogP contribution in [0.1, 0.15) is 33.6 Å². The van der Waals surface area contributed by atoms with E-state index in [0.717, 1.165) is 6.42 Å².